The average Bonchev–Trinajstić information content (AvgIpc) is 2.12. The molecule has 0 aromatic carbocycles. The number of allylic oxidation sites excluding steroid dienone is 1. The molecule has 0 spiro atoms. The first-order valence-corrected chi connectivity index (χ1v) is 4.00. The van der Waals surface area contributed by atoms with Gasteiger partial charge in [-0.05, 0) is 13.8 Å². The molecule has 0 fully saturated rings. The van der Waals surface area contributed by atoms with Crippen molar-refractivity contribution in [2.24, 2.45) is 0 Å². The van der Waals surface area contributed by atoms with E-state index in [2.05, 4.69) is 0 Å². The van der Waals surface area contributed by atoms with Gasteiger partial charge in [-0.2, -0.15) is 10.5 Å². The third-order valence-electron chi connectivity index (χ3n) is 1.56. The van der Waals surface area contributed by atoms with Crippen molar-refractivity contribution in [2.75, 3.05) is 13.1 Å². The van der Waals surface area contributed by atoms with Crippen LogP contribution in [0.4, 0.5) is 0 Å². The molecule has 0 aliphatic heterocycles. The number of hydrogen-bond donors (Lipinski definition) is 0. The lowest BCUT2D eigenvalue weighted by Gasteiger charge is -2.14. The maximum Gasteiger partial charge on any atom is 0.0973 e. The van der Waals surface area contributed by atoms with Crippen LogP contribution in [-0.2, 0) is 0 Å². The summed E-state index contributed by atoms with van der Waals surface area (Å²) >= 11 is 0. The minimum Gasteiger partial charge on any atom is -0.377 e. The third-order valence-corrected chi connectivity index (χ3v) is 1.56. The van der Waals surface area contributed by atoms with Crippen LogP contribution in [0.5, 0.6) is 0 Å². The van der Waals surface area contributed by atoms with E-state index < -0.39 is 0 Å². The largest absolute Gasteiger partial charge is 0.377 e. The molecular formula is C9H13N3. The first-order chi connectivity index (χ1) is 5.78. The molecule has 0 saturated carbocycles. The molecule has 0 aromatic rings. The van der Waals surface area contributed by atoms with Gasteiger partial charge < -0.3 is 4.90 Å². The second-order valence-electron chi connectivity index (χ2n) is 2.32. The minimum atomic E-state index is 0.201. The summed E-state index contributed by atoms with van der Waals surface area (Å²) in [5.74, 6) is 0. The Bertz CT molecular complexity index is 225. The van der Waals surface area contributed by atoms with E-state index in [1.807, 2.05) is 30.9 Å². The van der Waals surface area contributed by atoms with E-state index in [0.717, 1.165) is 13.1 Å². The quantitative estimate of drug-likeness (QED) is 0.592. The fourth-order valence-corrected chi connectivity index (χ4v) is 0.826. The minimum absolute atomic E-state index is 0.201. The lowest BCUT2D eigenvalue weighted by Crippen LogP contribution is -2.16. The smallest absolute Gasteiger partial charge is 0.0973 e. The zero-order valence-corrected chi connectivity index (χ0v) is 7.54. The van der Waals surface area contributed by atoms with Crippen LogP contribution in [0.1, 0.15) is 20.3 Å². The predicted molar refractivity (Wildman–Crippen MR) is 46.8 cm³/mol. The van der Waals surface area contributed by atoms with Crippen LogP contribution in [0.2, 0.25) is 0 Å². The van der Waals surface area contributed by atoms with Gasteiger partial charge in [-0.15, -0.1) is 0 Å². The van der Waals surface area contributed by atoms with Gasteiger partial charge in [-0.1, -0.05) is 0 Å². The van der Waals surface area contributed by atoms with Crippen molar-refractivity contribution in [3.05, 3.63) is 11.8 Å². The topological polar surface area (TPSA) is 50.8 Å². The Labute approximate surface area is 73.5 Å². The lowest BCUT2D eigenvalue weighted by atomic mass is 10.2. The van der Waals surface area contributed by atoms with Crippen molar-refractivity contribution in [3.63, 3.8) is 0 Å². The summed E-state index contributed by atoms with van der Waals surface area (Å²) in [5.41, 5.74) is 0.529. The van der Waals surface area contributed by atoms with Gasteiger partial charge >= 0.3 is 0 Å². The van der Waals surface area contributed by atoms with Gasteiger partial charge in [0.25, 0.3) is 0 Å². The summed E-state index contributed by atoms with van der Waals surface area (Å²) in [5, 5.41) is 17.0. The van der Waals surface area contributed by atoms with Gasteiger partial charge in [0.1, 0.15) is 0 Å². The molecule has 0 rings (SSSR count). The van der Waals surface area contributed by atoms with Crippen molar-refractivity contribution in [1.29, 1.82) is 10.5 Å². The highest BCUT2D eigenvalue weighted by Crippen LogP contribution is 2.00. The lowest BCUT2D eigenvalue weighted by molar-refractivity contribution is 0.416. The third kappa shape index (κ3) is 3.63. The van der Waals surface area contributed by atoms with Gasteiger partial charge in [0, 0.05) is 19.3 Å². The zero-order valence-electron chi connectivity index (χ0n) is 7.54. The Hall–Kier alpha value is -1.48. The summed E-state index contributed by atoms with van der Waals surface area (Å²) in [6.45, 7) is 5.77. The molecule has 0 aliphatic carbocycles. The van der Waals surface area contributed by atoms with Crippen molar-refractivity contribution < 1.29 is 0 Å². The number of nitrogens with zero attached hydrogens (tertiary/aromatic N) is 3. The average molecular weight is 163 g/mol. The summed E-state index contributed by atoms with van der Waals surface area (Å²) in [7, 11) is 0. The monoisotopic (exact) mass is 163 g/mol. The van der Waals surface area contributed by atoms with Gasteiger partial charge in [0.15, 0.2) is 0 Å². The molecule has 3 heteroatoms. The highest BCUT2D eigenvalue weighted by Gasteiger charge is 1.97. The van der Waals surface area contributed by atoms with Gasteiger partial charge in [0.2, 0.25) is 0 Å². The van der Waals surface area contributed by atoms with E-state index >= 15 is 0 Å². The number of nitriles is 2. The second kappa shape index (κ2) is 6.24. The van der Waals surface area contributed by atoms with Crippen LogP contribution in [0.15, 0.2) is 11.8 Å². The van der Waals surface area contributed by atoms with Crippen molar-refractivity contribution in [1.82, 2.24) is 4.90 Å². The van der Waals surface area contributed by atoms with E-state index in [0.29, 0.717) is 5.57 Å². The Kier molecular flexibility index (Phi) is 5.47. The molecule has 12 heavy (non-hydrogen) atoms. The Morgan fingerprint density at radius 1 is 1.33 bits per heavy atom. The van der Waals surface area contributed by atoms with Crippen LogP contribution in [-0.4, -0.2) is 18.0 Å². The molecule has 0 unspecified atom stereocenters. The molecule has 0 bridgehead atoms. The Balaban J connectivity index is 4.28. The highest BCUT2D eigenvalue weighted by atomic mass is 15.1. The van der Waals surface area contributed by atoms with Crippen LogP contribution < -0.4 is 0 Å². The van der Waals surface area contributed by atoms with E-state index in [4.69, 9.17) is 10.5 Å². The van der Waals surface area contributed by atoms with E-state index in [9.17, 15) is 0 Å². The molecule has 3 nitrogen and oxygen atoms in total. The van der Waals surface area contributed by atoms with Crippen LogP contribution >= 0.6 is 0 Å². The first-order valence-electron chi connectivity index (χ1n) is 4.00. The SMILES string of the molecule is CCN(C=C(C#N)CC#N)CC. The van der Waals surface area contributed by atoms with Crippen LogP contribution in [0.3, 0.4) is 0 Å². The molecule has 0 heterocycles. The van der Waals surface area contributed by atoms with E-state index in [-0.39, 0.29) is 6.42 Å². The second-order valence-corrected chi connectivity index (χ2v) is 2.32. The summed E-state index contributed by atoms with van der Waals surface area (Å²) in [6.07, 6.45) is 1.95. The van der Waals surface area contributed by atoms with Crippen molar-refractivity contribution >= 4 is 0 Å². The molecule has 0 radical (unpaired) electrons. The molecule has 0 N–H and O–H groups in total. The van der Waals surface area contributed by atoms with E-state index in [1.165, 1.54) is 0 Å². The normalized spacial score (nSPS) is 10.2. The Morgan fingerprint density at radius 3 is 2.25 bits per heavy atom. The van der Waals surface area contributed by atoms with Crippen molar-refractivity contribution in [3.8, 4) is 12.1 Å². The summed E-state index contributed by atoms with van der Waals surface area (Å²) in [4.78, 5) is 2.00. The highest BCUT2D eigenvalue weighted by molar-refractivity contribution is 5.23. The molecular weight excluding hydrogens is 150 g/mol. The van der Waals surface area contributed by atoms with Gasteiger partial charge in [-0.25, -0.2) is 0 Å². The number of hydrogen-bond acceptors (Lipinski definition) is 3. The maximum absolute atomic E-state index is 8.60. The van der Waals surface area contributed by atoms with Crippen LogP contribution in [0, 0.1) is 22.7 Å². The van der Waals surface area contributed by atoms with Gasteiger partial charge in [0.05, 0.1) is 24.1 Å². The van der Waals surface area contributed by atoms with E-state index in [1.54, 1.807) is 6.20 Å². The fraction of sp³-hybridized carbons (Fsp3) is 0.556. The number of rotatable bonds is 4. The zero-order chi connectivity index (χ0) is 9.40. The van der Waals surface area contributed by atoms with Crippen molar-refractivity contribution in [2.45, 2.75) is 20.3 Å². The summed E-state index contributed by atoms with van der Waals surface area (Å²) < 4.78 is 0. The summed E-state index contributed by atoms with van der Waals surface area (Å²) in [6, 6.07) is 3.95. The molecule has 64 valence electrons. The maximum atomic E-state index is 8.60. The fourth-order valence-electron chi connectivity index (χ4n) is 0.826. The first kappa shape index (κ1) is 10.5. The molecule has 0 saturated heterocycles. The van der Waals surface area contributed by atoms with Gasteiger partial charge in [-0.3, -0.25) is 0 Å². The standard InChI is InChI=1S/C9H13N3/c1-3-12(4-2)8-9(7-11)5-6-10/h8H,3-5H2,1-2H3. The molecule has 0 aliphatic rings. The molecule has 0 aromatic heterocycles. The Morgan fingerprint density at radius 2 is 1.92 bits per heavy atom. The molecule has 0 amide bonds. The predicted octanol–water partition coefficient (Wildman–Crippen LogP) is 1.65. The molecule has 0 atom stereocenters. The van der Waals surface area contributed by atoms with Crippen LogP contribution in [0.25, 0.3) is 0 Å².